The second-order valence-electron chi connectivity index (χ2n) is 8.21. The Balaban J connectivity index is 1.62. The van der Waals surface area contributed by atoms with E-state index in [0.29, 0.717) is 31.7 Å². The number of aromatic nitrogens is 2. The number of anilines is 2. The summed E-state index contributed by atoms with van der Waals surface area (Å²) < 4.78 is 34.2. The third-order valence-corrected chi connectivity index (χ3v) is 6.06. The van der Waals surface area contributed by atoms with E-state index in [2.05, 4.69) is 9.88 Å². The van der Waals surface area contributed by atoms with Crippen LogP contribution in [0.4, 0.5) is 20.4 Å². The summed E-state index contributed by atoms with van der Waals surface area (Å²) in [6.45, 7) is 2.39. The minimum absolute atomic E-state index is 0.0411. The Morgan fingerprint density at radius 1 is 0.857 bits per heavy atom. The molecule has 4 aromatic rings. The Bertz CT molecular complexity index is 1440. The van der Waals surface area contributed by atoms with Gasteiger partial charge in [-0.1, -0.05) is 18.2 Å². The molecule has 0 bridgehead atoms. The van der Waals surface area contributed by atoms with E-state index in [-0.39, 0.29) is 22.6 Å². The lowest BCUT2D eigenvalue weighted by molar-refractivity contribution is 0.0601. The van der Waals surface area contributed by atoms with Gasteiger partial charge in [0.25, 0.3) is 5.56 Å². The Morgan fingerprint density at radius 3 is 2.17 bits per heavy atom. The van der Waals surface area contributed by atoms with Crippen LogP contribution in [0.25, 0.3) is 16.6 Å². The molecule has 1 saturated heterocycles. The maximum atomic E-state index is 14.1. The number of hydrogen-bond acceptors (Lipinski definition) is 6. The molecule has 0 aliphatic carbocycles. The normalized spacial score (nSPS) is 13.8. The van der Waals surface area contributed by atoms with Crippen LogP contribution in [0.3, 0.4) is 0 Å². The molecule has 0 amide bonds. The van der Waals surface area contributed by atoms with Crippen LogP contribution in [0.2, 0.25) is 0 Å². The third kappa shape index (κ3) is 4.32. The number of benzene rings is 3. The summed E-state index contributed by atoms with van der Waals surface area (Å²) in [6, 6.07) is 17.4. The number of nitrogens with zero attached hydrogens (tertiary/aromatic N) is 4. The first kappa shape index (κ1) is 22.5. The van der Waals surface area contributed by atoms with E-state index in [0.717, 1.165) is 23.9 Å². The summed E-state index contributed by atoms with van der Waals surface area (Å²) in [5, 5.41) is 0.217. The van der Waals surface area contributed by atoms with Gasteiger partial charge in [-0.05, 0) is 42.5 Å². The van der Waals surface area contributed by atoms with Crippen LogP contribution in [0.5, 0.6) is 0 Å². The topological polar surface area (TPSA) is 67.7 Å². The standard InChI is InChI=1S/C26H22F2N4O3/c1-35-25(34)17-7-8-22-23(13-17)29-26(32(24(22)33)21-15-18(27)14-19(28)16-21)31-11-9-30(10-12-31)20-5-3-2-4-6-20/h2-8,13-16H,9-12H2,1H3. The summed E-state index contributed by atoms with van der Waals surface area (Å²) in [4.78, 5) is 34.4. The predicted octanol–water partition coefficient (Wildman–Crippen LogP) is 3.78. The Kier molecular flexibility index (Phi) is 5.90. The number of ether oxygens (including phenoxy) is 1. The van der Waals surface area contributed by atoms with Crippen molar-refractivity contribution in [3.05, 3.63) is 94.3 Å². The Hall–Kier alpha value is -4.27. The monoisotopic (exact) mass is 476 g/mol. The van der Waals surface area contributed by atoms with Crippen molar-refractivity contribution < 1.29 is 18.3 Å². The van der Waals surface area contributed by atoms with Crippen molar-refractivity contribution in [2.75, 3.05) is 43.1 Å². The van der Waals surface area contributed by atoms with Gasteiger partial charge in [-0.15, -0.1) is 0 Å². The quantitative estimate of drug-likeness (QED) is 0.418. The average molecular weight is 476 g/mol. The number of carbonyl (C=O) groups is 1. The lowest BCUT2D eigenvalue weighted by Gasteiger charge is -2.37. The molecule has 0 spiro atoms. The van der Waals surface area contributed by atoms with E-state index in [4.69, 9.17) is 4.74 Å². The zero-order valence-corrected chi connectivity index (χ0v) is 18.9. The van der Waals surface area contributed by atoms with Crippen molar-refractivity contribution in [1.82, 2.24) is 9.55 Å². The highest BCUT2D eigenvalue weighted by atomic mass is 19.1. The van der Waals surface area contributed by atoms with Gasteiger partial charge in [-0.25, -0.2) is 23.1 Å². The first-order valence-corrected chi connectivity index (χ1v) is 11.1. The van der Waals surface area contributed by atoms with Gasteiger partial charge in [0.1, 0.15) is 11.6 Å². The van der Waals surface area contributed by atoms with E-state index in [1.54, 1.807) is 0 Å². The van der Waals surface area contributed by atoms with Crippen molar-refractivity contribution in [2.24, 2.45) is 0 Å². The van der Waals surface area contributed by atoms with E-state index < -0.39 is 23.2 Å². The Morgan fingerprint density at radius 2 is 1.51 bits per heavy atom. The molecule has 0 radical (unpaired) electrons. The number of fused-ring (bicyclic) bond motifs is 1. The van der Waals surface area contributed by atoms with Gasteiger partial charge in [0, 0.05) is 37.9 Å². The molecule has 1 fully saturated rings. The molecule has 9 heteroatoms. The first-order valence-electron chi connectivity index (χ1n) is 11.1. The highest BCUT2D eigenvalue weighted by Crippen LogP contribution is 2.24. The first-order chi connectivity index (χ1) is 16.9. The number of hydrogen-bond donors (Lipinski definition) is 0. The average Bonchev–Trinajstić information content (AvgIpc) is 2.87. The van der Waals surface area contributed by atoms with Crippen LogP contribution in [-0.2, 0) is 4.74 Å². The van der Waals surface area contributed by atoms with Gasteiger partial charge in [0.15, 0.2) is 0 Å². The fourth-order valence-corrected chi connectivity index (χ4v) is 4.34. The van der Waals surface area contributed by atoms with Crippen LogP contribution in [0.15, 0.2) is 71.5 Å². The molecule has 178 valence electrons. The second kappa shape index (κ2) is 9.17. The molecule has 2 heterocycles. The number of piperazine rings is 1. The summed E-state index contributed by atoms with van der Waals surface area (Å²) >= 11 is 0. The second-order valence-corrected chi connectivity index (χ2v) is 8.21. The number of esters is 1. The summed E-state index contributed by atoms with van der Waals surface area (Å²) in [6.07, 6.45) is 0. The number of para-hydroxylation sites is 1. The molecule has 0 unspecified atom stereocenters. The van der Waals surface area contributed by atoms with Crippen molar-refractivity contribution in [3.8, 4) is 5.69 Å². The predicted molar refractivity (Wildman–Crippen MR) is 129 cm³/mol. The van der Waals surface area contributed by atoms with Crippen LogP contribution in [0.1, 0.15) is 10.4 Å². The minimum atomic E-state index is -0.798. The molecular weight excluding hydrogens is 454 g/mol. The van der Waals surface area contributed by atoms with Gasteiger partial charge < -0.3 is 14.5 Å². The third-order valence-electron chi connectivity index (χ3n) is 6.06. The molecule has 35 heavy (non-hydrogen) atoms. The maximum Gasteiger partial charge on any atom is 0.337 e. The maximum absolute atomic E-state index is 14.1. The van der Waals surface area contributed by atoms with E-state index in [9.17, 15) is 18.4 Å². The van der Waals surface area contributed by atoms with Crippen molar-refractivity contribution >= 4 is 28.5 Å². The molecule has 0 saturated carbocycles. The van der Waals surface area contributed by atoms with Crippen LogP contribution >= 0.6 is 0 Å². The number of rotatable bonds is 4. The van der Waals surface area contributed by atoms with E-state index >= 15 is 0 Å². The summed E-state index contributed by atoms with van der Waals surface area (Å²) in [5.74, 6) is -1.90. The molecule has 1 aromatic heterocycles. The zero-order chi connectivity index (χ0) is 24.5. The van der Waals surface area contributed by atoms with Crippen molar-refractivity contribution in [2.45, 2.75) is 0 Å². The van der Waals surface area contributed by atoms with E-state index in [1.807, 2.05) is 35.2 Å². The lowest BCUT2D eigenvalue weighted by atomic mass is 10.1. The molecule has 1 aliphatic rings. The number of halogens is 2. The fourth-order valence-electron chi connectivity index (χ4n) is 4.34. The molecule has 7 nitrogen and oxygen atoms in total. The fraction of sp³-hybridized carbons (Fsp3) is 0.192. The highest BCUT2D eigenvalue weighted by Gasteiger charge is 2.24. The molecule has 0 atom stereocenters. The molecular formula is C26H22F2N4O3. The molecule has 3 aromatic carbocycles. The largest absolute Gasteiger partial charge is 0.465 e. The smallest absolute Gasteiger partial charge is 0.337 e. The van der Waals surface area contributed by atoms with E-state index in [1.165, 1.54) is 29.9 Å². The molecule has 1 aliphatic heterocycles. The van der Waals surface area contributed by atoms with Crippen LogP contribution < -0.4 is 15.4 Å². The zero-order valence-electron chi connectivity index (χ0n) is 18.9. The van der Waals surface area contributed by atoms with Gasteiger partial charge in [0.2, 0.25) is 5.95 Å². The van der Waals surface area contributed by atoms with Gasteiger partial charge in [-0.2, -0.15) is 0 Å². The van der Waals surface area contributed by atoms with Crippen LogP contribution in [0, 0.1) is 11.6 Å². The highest BCUT2D eigenvalue weighted by molar-refractivity contribution is 5.94. The summed E-state index contributed by atoms with van der Waals surface area (Å²) in [5.41, 5.74) is 1.19. The SMILES string of the molecule is COC(=O)c1ccc2c(=O)n(-c3cc(F)cc(F)c3)c(N3CCN(c4ccccc4)CC3)nc2c1. The van der Waals surface area contributed by atoms with Crippen LogP contribution in [-0.4, -0.2) is 48.8 Å². The summed E-state index contributed by atoms with van der Waals surface area (Å²) in [7, 11) is 1.27. The lowest BCUT2D eigenvalue weighted by Crippen LogP contribution is -2.48. The van der Waals surface area contributed by atoms with Gasteiger partial charge >= 0.3 is 5.97 Å². The molecule has 5 rings (SSSR count). The Labute approximate surface area is 199 Å². The number of methoxy groups -OCH3 is 1. The van der Waals surface area contributed by atoms with Gasteiger partial charge in [-0.3, -0.25) is 4.79 Å². The van der Waals surface area contributed by atoms with Crippen molar-refractivity contribution in [1.29, 1.82) is 0 Å². The van der Waals surface area contributed by atoms with Crippen molar-refractivity contribution in [3.63, 3.8) is 0 Å². The number of carbonyl (C=O) groups excluding carboxylic acids is 1. The molecule has 0 N–H and O–H groups in total. The van der Waals surface area contributed by atoms with Gasteiger partial charge in [0.05, 0.1) is 29.3 Å². The minimum Gasteiger partial charge on any atom is -0.465 e.